The number of hydrogen-bond donors (Lipinski definition) is 1. The van der Waals surface area contributed by atoms with Gasteiger partial charge >= 0.3 is 0 Å². The van der Waals surface area contributed by atoms with Gasteiger partial charge in [-0.15, -0.1) is 0 Å². The molecule has 0 spiro atoms. The first kappa shape index (κ1) is 14.4. The van der Waals surface area contributed by atoms with Gasteiger partial charge in [-0.05, 0) is 38.0 Å². The summed E-state index contributed by atoms with van der Waals surface area (Å²) < 4.78 is 0. The first-order valence-electron chi connectivity index (χ1n) is 6.78. The number of carbonyl (C=O) groups excluding carboxylic acids is 1. The van der Waals surface area contributed by atoms with Crippen LogP contribution >= 0.6 is 0 Å². The Hall–Kier alpha value is -0.630. The van der Waals surface area contributed by atoms with Crippen molar-refractivity contribution in [3.8, 4) is 0 Å². The number of ketones is 1. The van der Waals surface area contributed by atoms with Crippen LogP contribution in [0.15, 0.2) is 11.6 Å². The maximum absolute atomic E-state index is 12.0. The van der Waals surface area contributed by atoms with Crippen molar-refractivity contribution < 1.29 is 9.90 Å². The molecule has 3 atom stereocenters. The van der Waals surface area contributed by atoms with E-state index >= 15 is 0 Å². The van der Waals surface area contributed by atoms with Gasteiger partial charge < -0.3 is 5.11 Å². The Labute approximate surface area is 105 Å². The fourth-order valence-corrected chi connectivity index (χ4v) is 2.55. The summed E-state index contributed by atoms with van der Waals surface area (Å²) in [6.07, 6.45) is 4.95. The Balaban J connectivity index is 2.86. The molecule has 1 N–H and O–H groups in total. The second-order valence-electron chi connectivity index (χ2n) is 5.88. The van der Waals surface area contributed by atoms with Crippen molar-refractivity contribution in [1.82, 2.24) is 0 Å². The number of allylic oxidation sites excluding steroid dienone is 1. The molecule has 0 fully saturated rings. The van der Waals surface area contributed by atoms with E-state index in [0.29, 0.717) is 24.5 Å². The van der Waals surface area contributed by atoms with Crippen LogP contribution in [0, 0.1) is 17.8 Å². The summed E-state index contributed by atoms with van der Waals surface area (Å²) in [5.41, 5.74) is 1.25. The molecular weight excluding hydrogens is 212 g/mol. The predicted octanol–water partition coefficient (Wildman–Crippen LogP) is 3.35. The molecule has 1 aliphatic carbocycles. The van der Waals surface area contributed by atoms with Gasteiger partial charge in [0.1, 0.15) is 5.78 Å². The number of aliphatic hydroxyl groups is 1. The van der Waals surface area contributed by atoms with E-state index < -0.39 is 0 Å². The van der Waals surface area contributed by atoms with Crippen LogP contribution in [0.1, 0.15) is 53.4 Å². The molecule has 2 heteroatoms. The third kappa shape index (κ3) is 4.27. The fraction of sp³-hybridized carbons (Fsp3) is 0.800. The standard InChI is InChI=1S/C15H26O2/c1-10(2)13-9-14(16)12(4)7-5-6-11(3)8-15(13)17/h6,10,12-13,15,17H,5,7-9H2,1-4H3/b11-6+/t12-,13-,15-/m0/s1. The smallest absolute Gasteiger partial charge is 0.136 e. The highest BCUT2D eigenvalue weighted by atomic mass is 16.3. The van der Waals surface area contributed by atoms with Crippen molar-refractivity contribution in [3.63, 3.8) is 0 Å². The van der Waals surface area contributed by atoms with Gasteiger partial charge in [0.05, 0.1) is 6.10 Å². The minimum absolute atomic E-state index is 0.103. The molecule has 1 rings (SSSR count). The highest BCUT2D eigenvalue weighted by Crippen LogP contribution is 2.28. The Bertz CT molecular complexity index is 291. The van der Waals surface area contributed by atoms with Crippen molar-refractivity contribution in [2.45, 2.75) is 59.5 Å². The number of hydrogen-bond acceptors (Lipinski definition) is 2. The highest BCUT2D eigenvalue weighted by molar-refractivity contribution is 5.81. The monoisotopic (exact) mass is 238 g/mol. The molecular formula is C15H26O2. The lowest BCUT2D eigenvalue weighted by Crippen LogP contribution is -2.30. The summed E-state index contributed by atoms with van der Waals surface area (Å²) in [6, 6.07) is 0. The molecule has 0 aromatic rings. The van der Waals surface area contributed by atoms with E-state index in [1.165, 1.54) is 5.57 Å². The quantitative estimate of drug-likeness (QED) is 0.711. The van der Waals surface area contributed by atoms with Gasteiger partial charge in [0.2, 0.25) is 0 Å². The fourth-order valence-electron chi connectivity index (χ4n) is 2.55. The van der Waals surface area contributed by atoms with E-state index in [-0.39, 0.29) is 17.9 Å². The molecule has 98 valence electrons. The number of aliphatic hydroxyl groups excluding tert-OH is 1. The zero-order valence-electron chi connectivity index (χ0n) is 11.6. The molecule has 1 aliphatic rings. The summed E-state index contributed by atoms with van der Waals surface area (Å²) in [6.45, 7) is 8.28. The van der Waals surface area contributed by atoms with Gasteiger partial charge in [0.15, 0.2) is 0 Å². The van der Waals surface area contributed by atoms with Crippen molar-refractivity contribution in [2.75, 3.05) is 0 Å². The van der Waals surface area contributed by atoms with E-state index in [0.717, 1.165) is 12.8 Å². The first-order valence-corrected chi connectivity index (χ1v) is 6.78. The van der Waals surface area contributed by atoms with E-state index in [1.54, 1.807) is 0 Å². The van der Waals surface area contributed by atoms with E-state index in [4.69, 9.17) is 0 Å². The molecule has 0 heterocycles. The maximum Gasteiger partial charge on any atom is 0.136 e. The summed E-state index contributed by atoms with van der Waals surface area (Å²) in [5, 5.41) is 10.2. The SMILES string of the molecule is C/C1=C\CC[C@H](C)C(=O)C[C@@H](C(C)C)[C@@H](O)C1. The lowest BCUT2D eigenvalue weighted by Gasteiger charge is -2.28. The lowest BCUT2D eigenvalue weighted by molar-refractivity contribution is -0.125. The van der Waals surface area contributed by atoms with E-state index in [2.05, 4.69) is 26.8 Å². The Morgan fingerprint density at radius 2 is 2.00 bits per heavy atom. The molecule has 0 bridgehead atoms. The number of carbonyl (C=O) groups is 1. The second kappa shape index (κ2) is 6.34. The van der Waals surface area contributed by atoms with Gasteiger partial charge in [0, 0.05) is 12.3 Å². The van der Waals surface area contributed by atoms with E-state index in [1.807, 2.05) is 6.92 Å². The molecule has 2 nitrogen and oxygen atoms in total. The summed E-state index contributed by atoms with van der Waals surface area (Å²) in [4.78, 5) is 12.0. The highest BCUT2D eigenvalue weighted by Gasteiger charge is 2.27. The minimum Gasteiger partial charge on any atom is -0.392 e. The largest absolute Gasteiger partial charge is 0.392 e. The van der Waals surface area contributed by atoms with Gasteiger partial charge in [0.25, 0.3) is 0 Å². The first-order chi connectivity index (χ1) is 7.91. The molecule has 0 aromatic heterocycles. The maximum atomic E-state index is 12.0. The predicted molar refractivity (Wildman–Crippen MR) is 70.7 cm³/mol. The minimum atomic E-state index is -0.375. The Morgan fingerprint density at radius 3 is 2.59 bits per heavy atom. The third-order valence-corrected chi connectivity index (χ3v) is 3.96. The van der Waals surface area contributed by atoms with Crippen molar-refractivity contribution >= 4 is 5.78 Å². The van der Waals surface area contributed by atoms with Crippen molar-refractivity contribution in [1.29, 1.82) is 0 Å². The molecule has 17 heavy (non-hydrogen) atoms. The van der Waals surface area contributed by atoms with Crippen molar-refractivity contribution in [2.24, 2.45) is 17.8 Å². The van der Waals surface area contributed by atoms with Crippen molar-refractivity contribution in [3.05, 3.63) is 11.6 Å². The molecule has 0 aliphatic heterocycles. The third-order valence-electron chi connectivity index (χ3n) is 3.96. The van der Waals surface area contributed by atoms with Crippen LogP contribution in [-0.2, 0) is 4.79 Å². The van der Waals surface area contributed by atoms with Crippen LogP contribution in [0.25, 0.3) is 0 Å². The molecule has 0 saturated carbocycles. The van der Waals surface area contributed by atoms with Gasteiger partial charge in [-0.25, -0.2) is 0 Å². The van der Waals surface area contributed by atoms with Crippen LogP contribution in [0.4, 0.5) is 0 Å². The van der Waals surface area contributed by atoms with Crippen LogP contribution in [0.3, 0.4) is 0 Å². The average molecular weight is 238 g/mol. The van der Waals surface area contributed by atoms with Crippen LogP contribution in [0.5, 0.6) is 0 Å². The lowest BCUT2D eigenvalue weighted by atomic mass is 9.80. The second-order valence-corrected chi connectivity index (χ2v) is 5.88. The summed E-state index contributed by atoms with van der Waals surface area (Å²) in [7, 11) is 0. The normalized spacial score (nSPS) is 35.5. The van der Waals surface area contributed by atoms with Gasteiger partial charge in [-0.1, -0.05) is 32.4 Å². The topological polar surface area (TPSA) is 37.3 Å². The number of rotatable bonds is 1. The molecule has 0 saturated heterocycles. The zero-order chi connectivity index (χ0) is 13.0. The Morgan fingerprint density at radius 1 is 1.35 bits per heavy atom. The number of Topliss-reactive ketones (excluding diaryl/α,β-unsaturated/α-hetero) is 1. The summed E-state index contributed by atoms with van der Waals surface area (Å²) in [5.74, 6) is 0.904. The average Bonchev–Trinajstić information content (AvgIpc) is 2.23. The van der Waals surface area contributed by atoms with E-state index in [9.17, 15) is 9.90 Å². The van der Waals surface area contributed by atoms with Crippen LogP contribution < -0.4 is 0 Å². The summed E-state index contributed by atoms with van der Waals surface area (Å²) >= 11 is 0. The van der Waals surface area contributed by atoms with Crippen LogP contribution in [-0.4, -0.2) is 17.0 Å². The molecule has 0 unspecified atom stereocenters. The van der Waals surface area contributed by atoms with Gasteiger partial charge in [-0.2, -0.15) is 0 Å². The zero-order valence-corrected chi connectivity index (χ0v) is 11.6. The molecule has 0 aromatic carbocycles. The van der Waals surface area contributed by atoms with Crippen LogP contribution in [0.2, 0.25) is 0 Å². The Kier molecular flexibility index (Phi) is 5.38. The molecule has 0 radical (unpaired) electrons. The van der Waals surface area contributed by atoms with Gasteiger partial charge in [-0.3, -0.25) is 4.79 Å². The molecule has 0 amide bonds.